The van der Waals surface area contributed by atoms with E-state index in [2.05, 4.69) is 91.9 Å². The molecule has 8 aromatic carbocycles. The molecule has 0 aliphatic carbocycles. The van der Waals surface area contributed by atoms with E-state index < -0.39 is 6.04 Å². The maximum absolute atomic E-state index is 8.86. The number of furan rings is 1. The first-order chi connectivity index (χ1) is 24.8. The molecule has 1 aromatic heterocycles. The summed E-state index contributed by atoms with van der Waals surface area (Å²) < 4.78 is 49.1. The molecule has 9 aromatic rings. The lowest BCUT2D eigenvalue weighted by molar-refractivity contribution is 0.669. The van der Waals surface area contributed by atoms with Crippen LogP contribution < -0.4 is 0 Å². The smallest absolute Gasteiger partial charge is 0.136 e. The summed E-state index contributed by atoms with van der Waals surface area (Å²) in [6, 6.07) is 44.0. The van der Waals surface area contributed by atoms with E-state index in [0.717, 1.165) is 71.3 Å². The molecule has 0 saturated carbocycles. The second-order valence-electron chi connectivity index (χ2n) is 11.7. The molecule has 0 amide bonds. The largest absolute Gasteiger partial charge is 0.456 e. The minimum absolute atomic E-state index is 0.208. The molecule has 1 heteroatoms. The molecular formula is C45H30O. The highest BCUT2D eigenvalue weighted by Crippen LogP contribution is 2.46. The van der Waals surface area contributed by atoms with Crippen molar-refractivity contribution in [3.8, 4) is 44.5 Å². The molecule has 46 heavy (non-hydrogen) atoms. The summed E-state index contributed by atoms with van der Waals surface area (Å²) in [5.41, 5.74) is 10.3. The first-order valence-corrected chi connectivity index (χ1v) is 15.4. The van der Waals surface area contributed by atoms with Gasteiger partial charge in [-0.05, 0) is 91.2 Å². The van der Waals surface area contributed by atoms with Crippen LogP contribution in [0.3, 0.4) is 0 Å². The average Bonchev–Trinajstić information content (AvgIpc) is 3.55. The summed E-state index contributed by atoms with van der Waals surface area (Å²) in [6.45, 7) is 2.14. The van der Waals surface area contributed by atoms with Gasteiger partial charge in [-0.1, -0.05) is 145 Å². The van der Waals surface area contributed by atoms with Crippen LogP contribution in [-0.4, -0.2) is 0 Å². The van der Waals surface area contributed by atoms with Crippen LogP contribution in [0.25, 0.3) is 88.0 Å². The molecule has 0 fully saturated rings. The lowest BCUT2D eigenvalue weighted by atomic mass is 9.85. The summed E-state index contributed by atoms with van der Waals surface area (Å²) in [6.07, 6.45) is 0. The van der Waals surface area contributed by atoms with Gasteiger partial charge in [-0.3, -0.25) is 0 Å². The van der Waals surface area contributed by atoms with Crippen molar-refractivity contribution in [2.24, 2.45) is 0 Å². The fourth-order valence-electron chi connectivity index (χ4n) is 7.10. The number of rotatable bonds is 4. The lowest BCUT2D eigenvalue weighted by Crippen LogP contribution is -1.92. The Kier molecular flexibility index (Phi) is 5.01. The van der Waals surface area contributed by atoms with Gasteiger partial charge in [0, 0.05) is 16.3 Å². The summed E-state index contributed by atoms with van der Waals surface area (Å²) in [5.74, 6) is 0. The van der Waals surface area contributed by atoms with Gasteiger partial charge in [0.25, 0.3) is 0 Å². The summed E-state index contributed by atoms with van der Waals surface area (Å²) in [4.78, 5) is 0. The highest BCUT2D eigenvalue weighted by atomic mass is 16.3. The summed E-state index contributed by atoms with van der Waals surface area (Å²) in [5, 5.41) is 5.68. The van der Waals surface area contributed by atoms with Crippen molar-refractivity contribution in [3.05, 3.63) is 169 Å². The van der Waals surface area contributed by atoms with Crippen molar-refractivity contribution >= 4 is 43.5 Å². The first kappa shape index (κ1) is 21.7. The van der Waals surface area contributed by atoms with Gasteiger partial charge in [-0.15, -0.1) is 0 Å². The first-order valence-electron chi connectivity index (χ1n) is 17.9. The van der Waals surface area contributed by atoms with Crippen molar-refractivity contribution in [2.45, 2.75) is 6.92 Å². The van der Waals surface area contributed by atoms with E-state index in [1.54, 1.807) is 0 Å². The van der Waals surface area contributed by atoms with E-state index in [0.29, 0.717) is 5.56 Å². The molecule has 0 aliphatic heterocycles. The van der Waals surface area contributed by atoms with Gasteiger partial charge in [0.2, 0.25) is 0 Å². The molecule has 0 bridgehead atoms. The molecule has 0 saturated heterocycles. The maximum atomic E-state index is 8.86. The molecule has 0 unspecified atom stereocenters. The Bertz CT molecular complexity index is 2780. The van der Waals surface area contributed by atoms with Crippen LogP contribution in [0.1, 0.15) is 12.4 Å². The Morgan fingerprint density at radius 1 is 0.413 bits per heavy atom. The van der Waals surface area contributed by atoms with Crippen LogP contribution in [0.2, 0.25) is 0 Å². The Labute approximate surface area is 275 Å². The Morgan fingerprint density at radius 2 is 0.935 bits per heavy atom. The maximum Gasteiger partial charge on any atom is 0.136 e. The van der Waals surface area contributed by atoms with Crippen molar-refractivity contribution in [1.29, 1.82) is 0 Å². The molecule has 9 rings (SSSR count). The third-order valence-electron chi connectivity index (χ3n) is 9.12. The highest BCUT2D eigenvalue weighted by molar-refractivity contribution is 6.21. The molecule has 0 spiro atoms. The van der Waals surface area contributed by atoms with Crippen molar-refractivity contribution < 1.29 is 11.3 Å². The Morgan fingerprint density at radius 3 is 1.57 bits per heavy atom. The van der Waals surface area contributed by atoms with Crippen LogP contribution in [0.15, 0.2) is 168 Å². The molecule has 0 N–H and O–H groups in total. The molecular weight excluding hydrogens is 556 g/mol. The lowest BCUT2D eigenvalue weighted by Gasteiger charge is -2.18. The Balaban J connectivity index is 1.31. The fourth-order valence-corrected chi connectivity index (χ4v) is 7.10. The van der Waals surface area contributed by atoms with Gasteiger partial charge in [0.05, 0.1) is 6.85 Å². The van der Waals surface area contributed by atoms with Gasteiger partial charge < -0.3 is 4.42 Å². The highest BCUT2D eigenvalue weighted by Gasteiger charge is 2.20. The zero-order valence-electron chi connectivity index (χ0n) is 30.1. The van der Waals surface area contributed by atoms with E-state index in [1.807, 2.05) is 48.5 Å². The number of fused-ring (bicyclic) bond motifs is 5. The van der Waals surface area contributed by atoms with E-state index in [9.17, 15) is 0 Å². The average molecular weight is 592 g/mol. The summed E-state index contributed by atoms with van der Waals surface area (Å²) >= 11 is 0. The quantitative estimate of drug-likeness (QED) is 0.186. The topological polar surface area (TPSA) is 13.1 Å². The fraction of sp³-hybridized carbons (Fsp3) is 0.0222. The normalized spacial score (nSPS) is 13.1. The number of hydrogen-bond donors (Lipinski definition) is 0. The molecule has 0 atom stereocenters. The molecule has 216 valence electrons. The van der Waals surface area contributed by atoms with Crippen LogP contribution in [0, 0.1) is 6.92 Å². The van der Waals surface area contributed by atoms with Crippen LogP contribution in [0.5, 0.6) is 0 Å². The second-order valence-corrected chi connectivity index (χ2v) is 11.7. The SMILES string of the molecule is [2H]c1c([2H])c([2H])c(-c2c3ccccc3c(-c3ccc(-c4c(-c5ccccc5C)ccc5oc6ccccc6c45)cc3)c3ccccc23)c([2H])c1[2H]. The zero-order chi connectivity index (χ0) is 35.0. The number of benzene rings is 8. The third-order valence-corrected chi connectivity index (χ3v) is 9.12. The minimum Gasteiger partial charge on any atom is -0.456 e. The monoisotopic (exact) mass is 591 g/mol. The van der Waals surface area contributed by atoms with Crippen LogP contribution in [0.4, 0.5) is 0 Å². The molecule has 0 aliphatic rings. The van der Waals surface area contributed by atoms with Gasteiger partial charge in [-0.2, -0.15) is 0 Å². The van der Waals surface area contributed by atoms with Gasteiger partial charge in [0.15, 0.2) is 0 Å². The predicted octanol–water partition coefficient (Wildman–Crippen LogP) is 12.9. The van der Waals surface area contributed by atoms with Gasteiger partial charge >= 0.3 is 0 Å². The van der Waals surface area contributed by atoms with Gasteiger partial charge in [-0.25, -0.2) is 0 Å². The molecule has 1 heterocycles. The van der Waals surface area contributed by atoms with E-state index >= 15 is 0 Å². The van der Waals surface area contributed by atoms with E-state index in [-0.39, 0.29) is 29.7 Å². The summed E-state index contributed by atoms with van der Waals surface area (Å²) in [7, 11) is 0. The zero-order valence-corrected chi connectivity index (χ0v) is 25.1. The van der Waals surface area contributed by atoms with Crippen molar-refractivity contribution in [3.63, 3.8) is 0 Å². The van der Waals surface area contributed by atoms with E-state index in [1.165, 1.54) is 11.1 Å². The van der Waals surface area contributed by atoms with Crippen LogP contribution in [-0.2, 0) is 0 Å². The molecule has 1 nitrogen and oxygen atoms in total. The second kappa shape index (κ2) is 10.6. The van der Waals surface area contributed by atoms with Crippen molar-refractivity contribution in [2.75, 3.05) is 0 Å². The van der Waals surface area contributed by atoms with E-state index in [4.69, 9.17) is 11.3 Å². The Hall–Kier alpha value is -5.92. The molecule has 0 radical (unpaired) electrons. The van der Waals surface area contributed by atoms with Crippen LogP contribution >= 0.6 is 0 Å². The van der Waals surface area contributed by atoms with Crippen molar-refractivity contribution in [1.82, 2.24) is 0 Å². The number of hydrogen-bond acceptors (Lipinski definition) is 1. The standard InChI is InChI=1S/C45H30O/c1-29-13-5-6-16-33(29)38-27-28-41-45(39-21-11-12-22-40(39)46-41)44(38)32-25-23-31(24-26-32)43-36-19-9-7-17-34(36)42(30-14-3-2-4-15-30)35-18-8-10-20-37(35)43/h2-28H,1H3/i2D,3D,4D,14D,15D. The number of aryl methyl sites for hydroxylation is 1. The van der Waals surface area contributed by atoms with Gasteiger partial charge in [0.1, 0.15) is 11.2 Å². The number of para-hydroxylation sites is 1. The third kappa shape index (κ3) is 4.09. The predicted molar refractivity (Wildman–Crippen MR) is 195 cm³/mol. The minimum atomic E-state index is -0.399.